The van der Waals surface area contributed by atoms with Crippen LogP contribution in [0.25, 0.3) is 0 Å². The minimum absolute atomic E-state index is 0.153. The zero-order valence-corrected chi connectivity index (χ0v) is 11.7. The van der Waals surface area contributed by atoms with E-state index in [1.807, 2.05) is 20.8 Å². The van der Waals surface area contributed by atoms with E-state index in [9.17, 15) is 4.55 Å². The van der Waals surface area contributed by atoms with E-state index >= 15 is 0 Å². The molecule has 0 aromatic carbocycles. The Labute approximate surface area is 105 Å². The molecule has 1 aromatic heterocycles. The molecule has 1 aromatic rings. The fourth-order valence-electron chi connectivity index (χ4n) is 2.06. The molecule has 1 fully saturated rings. The van der Waals surface area contributed by atoms with Gasteiger partial charge in [-0.05, 0) is 45.1 Å². The summed E-state index contributed by atoms with van der Waals surface area (Å²) in [6.07, 6.45) is 2.30. The van der Waals surface area contributed by atoms with Crippen LogP contribution in [0, 0.1) is 0 Å². The van der Waals surface area contributed by atoms with Crippen molar-refractivity contribution in [1.82, 2.24) is 4.31 Å². The van der Waals surface area contributed by atoms with Gasteiger partial charge >= 0.3 is 0 Å². The number of hydrogen-bond acceptors (Lipinski definition) is 3. The third-order valence-electron chi connectivity index (χ3n) is 2.81. The van der Waals surface area contributed by atoms with Crippen LogP contribution in [0.2, 0.25) is 0 Å². The molecule has 0 aliphatic carbocycles. The molecule has 1 unspecified atom stereocenters. The third kappa shape index (κ3) is 2.45. The highest BCUT2D eigenvalue weighted by atomic mass is 32.2. The highest BCUT2D eigenvalue weighted by molar-refractivity contribution is 7.90. The minimum atomic E-state index is -0.887. The van der Waals surface area contributed by atoms with Crippen molar-refractivity contribution in [2.24, 2.45) is 0 Å². The van der Waals surface area contributed by atoms with Gasteiger partial charge in [-0.1, -0.05) is 6.07 Å². The van der Waals surface area contributed by atoms with Crippen molar-refractivity contribution in [2.45, 2.75) is 44.4 Å². The summed E-state index contributed by atoms with van der Waals surface area (Å²) in [5, 5.41) is 2.10. The molecule has 0 radical (unpaired) electrons. The smallest absolute Gasteiger partial charge is 0.137 e. The summed E-state index contributed by atoms with van der Waals surface area (Å²) in [6, 6.07) is 4.62. The summed E-state index contributed by atoms with van der Waals surface area (Å²) in [5.74, 6) is 0. The largest absolute Gasteiger partial charge is 0.597 e. The highest BCUT2D eigenvalue weighted by Gasteiger charge is 2.41. The molecule has 0 spiro atoms. The van der Waals surface area contributed by atoms with Gasteiger partial charge in [0.05, 0.1) is 6.04 Å². The number of hydrogen-bond donors (Lipinski definition) is 0. The number of thiophene rings is 1. The molecular weight excluding hydrogens is 238 g/mol. The van der Waals surface area contributed by atoms with Gasteiger partial charge in [-0.2, -0.15) is 0 Å². The topological polar surface area (TPSA) is 26.3 Å². The Morgan fingerprint density at radius 2 is 2.25 bits per heavy atom. The summed E-state index contributed by atoms with van der Waals surface area (Å²) in [7, 11) is 0. The Kier molecular flexibility index (Phi) is 3.64. The van der Waals surface area contributed by atoms with Crippen molar-refractivity contribution in [2.75, 3.05) is 6.54 Å². The van der Waals surface area contributed by atoms with Gasteiger partial charge in [-0.25, -0.2) is 0 Å². The first-order valence-electron chi connectivity index (χ1n) is 5.72. The molecule has 1 aliphatic rings. The van der Waals surface area contributed by atoms with Crippen molar-refractivity contribution in [1.29, 1.82) is 0 Å². The van der Waals surface area contributed by atoms with E-state index in [1.54, 1.807) is 11.3 Å². The van der Waals surface area contributed by atoms with Crippen LogP contribution in [0.4, 0.5) is 0 Å². The summed E-state index contributed by atoms with van der Waals surface area (Å²) in [5.41, 5.74) is 0. The molecule has 1 aliphatic heterocycles. The Hall–Kier alpha value is -0.0300. The van der Waals surface area contributed by atoms with Gasteiger partial charge in [0.2, 0.25) is 0 Å². The SMILES string of the molecule is CC(C)(C)[S@+]([O-])N1CCCC1c1cccs1. The van der Waals surface area contributed by atoms with Gasteiger partial charge < -0.3 is 4.55 Å². The molecule has 0 amide bonds. The van der Waals surface area contributed by atoms with Crippen LogP contribution in [0.5, 0.6) is 0 Å². The predicted molar refractivity (Wildman–Crippen MR) is 70.9 cm³/mol. The van der Waals surface area contributed by atoms with Gasteiger partial charge in [-0.3, -0.25) is 0 Å². The van der Waals surface area contributed by atoms with E-state index in [0.29, 0.717) is 6.04 Å². The summed E-state index contributed by atoms with van der Waals surface area (Å²) in [6.45, 7) is 7.11. The van der Waals surface area contributed by atoms with Crippen LogP contribution in [0.1, 0.15) is 44.5 Å². The van der Waals surface area contributed by atoms with Crippen LogP contribution >= 0.6 is 11.3 Å². The maximum absolute atomic E-state index is 12.4. The Balaban J connectivity index is 2.15. The molecule has 0 N–H and O–H groups in total. The van der Waals surface area contributed by atoms with Crippen LogP contribution in [0.15, 0.2) is 17.5 Å². The first kappa shape index (κ1) is 12.4. The Morgan fingerprint density at radius 1 is 1.50 bits per heavy atom. The van der Waals surface area contributed by atoms with Crippen LogP contribution in [-0.2, 0) is 11.4 Å². The second-order valence-electron chi connectivity index (χ2n) is 5.18. The lowest BCUT2D eigenvalue weighted by Crippen LogP contribution is -2.42. The summed E-state index contributed by atoms with van der Waals surface area (Å²) < 4.78 is 14.4. The van der Waals surface area contributed by atoms with Crippen molar-refractivity contribution < 1.29 is 4.55 Å². The van der Waals surface area contributed by atoms with E-state index < -0.39 is 11.4 Å². The molecule has 90 valence electrons. The molecule has 0 bridgehead atoms. The first-order chi connectivity index (χ1) is 7.50. The number of rotatable bonds is 2. The van der Waals surface area contributed by atoms with E-state index in [2.05, 4.69) is 21.8 Å². The predicted octanol–water partition coefficient (Wildman–Crippen LogP) is 3.35. The standard InChI is InChI=1S/C12H19NOS2/c1-12(2,3)16(14)13-8-4-6-10(13)11-7-5-9-15-11/h5,7,9-10H,4,6,8H2,1-3H3/t10?,16-/m0/s1. The lowest BCUT2D eigenvalue weighted by molar-refractivity contribution is 0.384. The fourth-order valence-corrected chi connectivity index (χ4v) is 4.44. The second kappa shape index (κ2) is 4.69. The Morgan fingerprint density at radius 3 is 2.81 bits per heavy atom. The van der Waals surface area contributed by atoms with Gasteiger partial charge in [0.15, 0.2) is 0 Å². The van der Waals surface area contributed by atoms with Crippen LogP contribution < -0.4 is 0 Å². The molecule has 2 rings (SSSR count). The maximum atomic E-state index is 12.4. The molecule has 1 saturated heterocycles. The lowest BCUT2D eigenvalue weighted by atomic mass is 10.2. The maximum Gasteiger partial charge on any atom is 0.137 e. The molecular formula is C12H19NOS2. The van der Waals surface area contributed by atoms with Crippen LogP contribution in [-0.4, -0.2) is 20.1 Å². The Bertz CT molecular complexity index is 331. The van der Waals surface area contributed by atoms with E-state index in [4.69, 9.17) is 0 Å². The molecule has 0 saturated carbocycles. The lowest BCUT2D eigenvalue weighted by Gasteiger charge is -2.33. The zero-order valence-electron chi connectivity index (χ0n) is 10.1. The van der Waals surface area contributed by atoms with Gasteiger partial charge in [0.25, 0.3) is 0 Å². The molecule has 2 nitrogen and oxygen atoms in total. The minimum Gasteiger partial charge on any atom is -0.597 e. The van der Waals surface area contributed by atoms with Gasteiger partial charge in [0, 0.05) is 22.8 Å². The fraction of sp³-hybridized carbons (Fsp3) is 0.667. The van der Waals surface area contributed by atoms with Gasteiger partial charge in [-0.15, -0.1) is 15.6 Å². The van der Waals surface area contributed by atoms with Gasteiger partial charge in [0.1, 0.15) is 4.75 Å². The normalized spacial score (nSPS) is 24.9. The van der Waals surface area contributed by atoms with Crippen molar-refractivity contribution in [3.05, 3.63) is 22.4 Å². The van der Waals surface area contributed by atoms with E-state index in [1.165, 1.54) is 4.88 Å². The van der Waals surface area contributed by atoms with E-state index in [-0.39, 0.29) is 4.75 Å². The molecule has 4 heteroatoms. The summed E-state index contributed by atoms with van der Waals surface area (Å²) in [4.78, 5) is 1.36. The monoisotopic (exact) mass is 257 g/mol. The highest BCUT2D eigenvalue weighted by Crippen LogP contribution is 2.39. The van der Waals surface area contributed by atoms with Crippen molar-refractivity contribution in [3.8, 4) is 0 Å². The van der Waals surface area contributed by atoms with Crippen molar-refractivity contribution >= 4 is 22.7 Å². The zero-order chi connectivity index (χ0) is 11.8. The molecule has 16 heavy (non-hydrogen) atoms. The number of nitrogens with zero attached hydrogens (tertiary/aromatic N) is 1. The second-order valence-corrected chi connectivity index (χ2v) is 8.35. The average Bonchev–Trinajstić information content (AvgIpc) is 2.85. The third-order valence-corrected chi connectivity index (χ3v) is 5.70. The van der Waals surface area contributed by atoms with Crippen molar-refractivity contribution in [3.63, 3.8) is 0 Å². The van der Waals surface area contributed by atoms with Crippen LogP contribution in [0.3, 0.4) is 0 Å². The average molecular weight is 257 g/mol. The molecule has 2 heterocycles. The van der Waals surface area contributed by atoms with E-state index in [0.717, 1.165) is 19.4 Å². The first-order valence-corrected chi connectivity index (χ1v) is 7.71. The quantitative estimate of drug-likeness (QED) is 0.760. The summed E-state index contributed by atoms with van der Waals surface area (Å²) >= 11 is 0.889. The molecule has 2 atom stereocenters.